The molecule has 0 fully saturated rings. The Hall–Kier alpha value is -1.05. The van der Waals surface area contributed by atoms with E-state index in [1.54, 1.807) is 18.2 Å². The largest absolute Gasteiger partial charge is 0.462 e. The molecule has 0 heterocycles. The summed E-state index contributed by atoms with van der Waals surface area (Å²) in [5.41, 5.74) is 0. The molecule has 13 heavy (non-hydrogen) atoms. The highest BCUT2D eigenvalue weighted by Gasteiger charge is 2.11. The van der Waals surface area contributed by atoms with E-state index in [1.807, 2.05) is 20.8 Å². The molecule has 0 aliphatic carbocycles. The van der Waals surface area contributed by atoms with Gasteiger partial charge < -0.3 is 4.74 Å². The van der Waals surface area contributed by atoms with E-state index in [1.165, 1.54) is 0 Å². The number of hydrogen-bond acceptors (Lipinski definition) is 2. The number of hydrogen-bond donors (Lipinski definition) is 0. The third-order valence-electron chi connectivity index (χ3n) is 1.81. The SMILES string of the molecule is C=C/C=C\CC(=O)OC(C)C(C)C. The van der Waals surface area contributed by atoms with Crippen LogP contribution in [0.25, 0.3) is 0 Å². The Balaban J connectivity index is 3.74. The van der Waals surface area contributed by atoms with Gasteiger partial charge in [0.15, 0.2) is 0 Å². The second-order valence-electron chi connectivity index (χ2n) is 3.31. The summed E-state index contributed by atoms with van der Waals surface area (Å²) in [6.45, 7) is 9.46. The Morgan fingerprint density at radius 2 is 2.08 bits per heavy atom. The molecule has 0 aromatic rings. The lowest BCUT2D eigenvalue weighted by Crippen LogP contribution is -2.19. The molecule has 2 heteroatoms. The Bertz CT molecular complexity index is 192. The van der Waals surface area contributed by atoms with Gasteiger partial charge in [0.2, 0.25) is 0 Å². The van der Waals surface area contributed by atoms with Gasteiger partial charge in [0.05, 0.1) is 6.42 Å². The molecule has 0 saturated carbocycles. The zero-order valence-corrected chi connectivity index (χ0v) is 8.62. The standard InChI is InChI=1S/C11H18O2/c1-5-6-7-8-11(12)13-10(4)9(2)3/h5-7,9-10H,1,8H2,2-4H3/b7-6-. The molecule has 1 atom stereocenters. The van der Waals surface area contributed by atoms with Gasteiger partial charge in [-0.1, -0.05) is 38.7 Å². The van der Waals surface area contributed by atoms with Gasteiger partial charge in [0.1, 0.15) is 6.10 Å². The minimum atomic E-state index is -0.181. The van der Waals surface area contributed by atoms with E-state index < -0.39 is 0 Å². The average molecular weight is 182 g/mol. The highest BCUT2D eigenvalue weighted by atomic mass is 16.5. The van der Waals surface area contributed by atoms with E-state index in [2.05, 4.69) is 6.58 Å². The van der Waals surface area contributed by atoms with Crippen molar-refractivity contribution in [3.05, 3.63) is 24.8 Å². The first-order valence-electron chi connectivity index (χ1n) is 4.55. The molecule has 2 nitrogen and oxygen atoms in total. The normalized spacial score (nSPS) is 13.2. The quantitative estimate of drug-likeness (QED) is 0.482. The van der Waals surface area contributed by atoms with Crippen LogP contribution in [0.2, 0.25) is 0 Å². The van der Waals surface area contributed by atoms with Crippen molar-refractivity contribution in [1.82, 2.24) is 0 Å². The van der Waals surface area contributed by atoms with Crippen molar-refractivity contribution in [1.29, 1.82) is 0 Å². The van der Waals surface area contributed by atoms with E-state index in [4.69, 9.17) is 4.74 Å². The summed E-state index contributed by atoms with van der Waals surface area (Å²) in [5, 5.41) is 0. The van der Waals surface area contributed by atoms with E-state index in [-0.39, 0.29) is 12.1 Å². The monoisotopic (exact) mass is 182 g/mol. The second kappa shape index (κ2) is 6.46. The molecule has 0 spiro atoms. The first-order valence-corrected chi connectivity index (χ1v) is 4.55. The van der Waals surface area contributed by atoms with E-state index in [0.29, 0.717) is 12.3 Å². The average Bonchev–Trinajstić information content (AvgIpc) is 2.04. The van der Waals surface area contributed by atoms with Crippen molar-refractivity contribution >= 4 is 5.97 Å². The maximum Gasteiger partial charge on any atom is 0.309 e. The van der Waals surface area contributed by atoms with Crippen LogP contribution in [0.1, 0.15) is 27.2 Å². The fourth-order valence-electron chi connectivity index (χ4n) is 0.652. The Labute approximate surface area is 80.3 Å². The third-order valence-corrected chi connectivity index (χ3v) is 1.81. The van der Waals surface area contributed by atoms with Crippen LogP contribution in [-0.4, -0.2) is 12.1 Å². The maximum absolute atomic E-state index is 11.1. The van der Waals surface area contributed by atoms with Crippen LogP contribution in [0.4, 0.5) is 0 Å². The number of carbonyl (C=O) groups is 1. The van der Waals surface area contributed by atoms with Crippen LogP contribution in [0.3, 0.4) is 0 Å². The zero-order valence-electron chi connectivity index (χ0n) is 8.62. The predicted octanol–water partition coefficient (Wildman–Crippen LogP) is 2.71. The molecule has 0 bridgehead atoms. The second-order valence-corrected chi connectivity index (χ2v) is 3.31. The highest BCUT2D eigenvalue weighted by Crippen LogP contribution is 2.06. The van der Waals surface area contributed by atoms with Gasteiger partial charge in [-0.15, -0.1) is 0 Å². The maximum atomic E-state index is 11.1. The van der Waals surface area contributed by atoms with Gasteiger partial charge in [0, 0.05) is 0 Å². The summed E-state index contributed by atoms with van der Waals surface area (Å²) in [4.78, 5) is 11.1. The Kier molecular flexibility index (Phi) is 5.94. The first kappa shape index (κ1) is 11.9. The lowest BCUT2D eigenvalue weighted by molar-refractivity contribution is -0.149. The molecule has 0 aromatic carbocycles. The van der Waals surface area contributed by atoms with Crippen molar-refractivity contribution in [2.75, 3.05) is 0 Å². The summed E-state index contributed by atoms with van der Waals surface area (Å²) in [5.74, 6) is 0.187. The number of esters is 1. The van der Waals surface area contributed by atoms with Gasteiger partial charge in [0.25, 0.3) is 0 Å². The topological polar surface area (TPSA) is 26.3 Å². The van der Waals surface area contributed by atoms with Crippen LogP contribution in [0.15, 0.2) is 24.8 Å². The lowest BCUT2D eigenvalue weighted by atomic mass is 10.1. The van der Waals surface area contributed by atoms with E-state index in [0.717, 1.165) is 0 Å². The van der Waals surface area contributed by atoms with E-state index >= 15 is 0 Å². The molecule has 74 valence electrons. The number of carbonyl (C=O) groups excluding carboxylic acids is 1. The van der Waals surface area contributed by atoms with Crippen molar-refractivity contribution < 1.29 is 9.53 Å². The molecule has 0 saturated heterocycles. The smallest absolute Gasteiger partial charge is 0.309 e. The van der Waals surface area contributed by atoms with Crippen LogP contribution in [0, 0.1) is 5.92 Å². The van der Waals surface area contributed by atoms with Gasteiger partial charge in [-0.05, 0) is 12.8 Å². The lowest BCUT2D eigenvalue weighted by Gasteiger charge is -2.15. The van der Waals surface area contributed by atoms with Crippen molar-refractivity contribution in [2.45, 2.75) is 33.3 Å². The van der Waals surface area contributed by atoms with E-state index in [9.17, 15) is 4.79 Å². The number of ether oxygens (including phenoxy) is 1. The fraction of sp³-hybridized carbons (Fsp3) is 0.545. The molecule has 0 N–H and O–H groups in total. The van der Waals surface area contributed by atoms with Crippen LogP contribution < -0.4 is 0 Å². The predicted molar refractivity (Wildman–Crippen MR) is 54.3 cm³/mol. The fourth-order valence-corrected chi connectivity index (χ4v) is 0.652. The summed E-state index contributed by atoms with van der Waals surface area (Å²) in [7, 11) is 0. The van der Waals surface area contributed by atoms with Gasteiger partial charge in [-0.3, -0.25) is 4.79 Å². The Morgan fingerprint density at radius 3 is 2.54 bits per heavy atom. The molecular formula is C11H18O2. The zero-order chi connectivity index (χ0) is 10.3. The molecular weight excluding hydrogens is 164 g/mol. The minimum absolute atomic E-state index is 0.00960. The molecule has 1 unspecified atom stereocenters. The third kappa shape index (κ3) is 6.14. The molecule has 0 radical (unpaired) electrons. The first-order chi connectivity index (χ1) is 6.07. The van der Waals surface area contributed by atoms with Gasteiger partial charge in [-0.2, -0.15) is 0 Å². The van der Waals surface area contributed by atoms with Crippen molar-refractivity contribution in [3.63, 3.8) is 0 Å². The molecule has 0 amide bonds. The van der Waals surface area contributed by atoms with Gasteiger partial charge in [-0.25, -0.2) is 0 Å². The summed E-state index contributed by atoms with van der Waals surface area (Å²) < 4.78 is 5.13. The highest BCUT2D eigenvalue weighted by molar-refractivity contribution is 5.71. The minimum Gasteiger partial charge on any atom is -0.462 e. The Morgan fingerprint density at radius 1 is 1.46 bits per heavy atom. The van der Waals surface area contributed by atoms with Crippen molar-refractivity contribution in [3.8, 4) is 0 Å². The van der Waals surface area contributed by atoms with Crippen LogP contribution >= 0.6 is 0 Å². The molecule has 0 aliphatic rings. The molecule has 0 aromatic heterocycles. The van der Waals surface area contributed by atoms with Gasteiger partial charge >= 0.3 is 5.97 Å². The van der Waals surface area contributed by atoms with Crippen LogP contribution in [0.5, 0.6) is 0 Å². The summed E-state index contributed by atoms with van der Waals surface area (Å²) in [6, 6.07) is 0. The summed E-state index contributed by atoms with van der Waals surface area (Å²) in [6.07, 6.45) is 5.43. The van der Waals surface area contributed by atoms with Crippen LogP contribution in [-0.2, 0) is 9.53 Å². The molecule has 0 rings (SSSR count). The van der Waals surface area contributed by atoms with Crippen molar-refractivity contribution in [2.24, 2.45) is 5.92 Å². The molecule has 0 aliphatic heterocycles. The number of allylic oxidation sites excluding steroid dienone is 2. The number of rotatable bonds is 5. The summed E-state index contributed by atoms with van der Waals surface area (Å²) >= 11 is 0.